The number of carbonyl (C=O) groups is 2. The van der Waals surface area contributed by atoms with Crippen molar-refractivity contribution in [2.45, 2.75) is 12.4 Å². The largest absolute Gasteiger partial charge is 0.504 e. The van der Waals surface area contributed by atoms with Gasteiger partial charge < -0.3 is 14.6 Å². The van der Waals surface area contributed by atoms with Crippen molar-refractivity contribution in [1.82, 2.24) is 0 Å². The first-order valence-corrected chi connectivity index (χ1v) is 4.83. The van der Waals surface area contributed by atoms with Crippen LogP contribution < -0.4 is 9.47 Å². The quantitative estimate of drug-likeness (QED) is 0.515. The molecule has 0 atom stereocenters. The van der Waals surface area contributed by atoms with Gasteiger partial charge in [0.05, 0.1) is 0 Å². The summed E-state index contributed by atoms with van der Waals surface area (Å²) in [6.45, 7) is 0. The number of ether oxygens (including phenoxy) is 2. The van der Waals surface area contributed by atoms with Crippen LogP contribution >= 0.6 is 0 Å². The first kappa shape index (κ1) is 16.6. The molecule has 0 heterocycles. The van der Waals surface area contributed by atoms with Gasteiger partial charge in [0.1, 0.15) is 0 Å². The van der Waals surface area contributed by atoms with Gasteiger partial charge in [0.2, 0.25) is 5.75 Å². The lowest BCUT2D eigenvalue weighted by Crippen LogP contribution is -2.30. The van der Waals surface area contributed by atoms with E-state index in [9.17, 15) is 41.0 Å². The van der Waals surface area contributed by atoms with Gasteiger partial charge >= 0.3 is 24.3 Å². The Balaban J connectivity index is 3.10. The zero-order chi connectivity index (χ0) is 16.4. The number of benzene rings is 1. The van der Waals surface area contributed by atoms with Crippen molar-refractivity contribution in [3.63, 3.8) is 0 Å². The summed E-state index contributed by atoms with van der Waals surface area (Å²) in [4.78, 5) is 21.2. The molecule has 1 aromatic rings. The average Bonchev–Trinajstić information content (AvgIpc) is 2.30. The summed E-state index contributed by atoms with van der Waals surface area (Å²) in [7, 11) is 0. The van der Waals surface area contributed by atoms with E-state index >= 15 is 0 Å². The van der Waals surface area contributed by atoms with Gasteiger partial charge in [-0.25, -0.2) is 9.59 Å². The predicted octanol–water partition coefficient (Wildman–Crippen LogP) is 2.33. The fraction of sp³-hybridized carbons (Fsp3) is 0.200. The number of hydrogen-bond donors (Lipinski definition) is 1. The molecule has 0 aliphatic rings. The maximum atomic E-state index is 12.0. The Kier molecular flexibility index (Phi) is 4.35. The minimum Gasteiger partial charge on any atom is -0.504 e. The van der Waals surface area contributed by atoms with Crippen LogP contribution in [0.3, 0.4) is 0 Å². The Morgan fingerprint density at radius 1 is 0.905 bits per heavy atom. The number of aromatic hydroxyl groups is 1. The van der Waals surface area contributed by atoms with Crippen LogP contribution in [0.25, 0.3) is 0 Å². The lowest BCUT2D eigenvalue weighted by Gasteiger charge is -2.13. The van der Waals surface area contributed by atoms with Gasteiger partial charge in [0, 0.05) is 0 Å². The molecule has 0 bridgehead atoms. The van der Waals surface area contributed by atoms with E-state index in [1.54, 1.807) is 0 Å². The van der Waals surface area contributed by atoms with Crippen LogP contribution in [0.1, 0.15) is 0 Å². The van der Waals surface area contributed by atoms with Crippen LogP contribution in [0, 0.1) is 0 Å². The van der Waals surface area contributed by atoms with Crippen LogP contribution in [-0.2, 0) is 9.59 Å². The van der Waals surface area contributed by atoms with Gasteiger partial charge in [-0.2, -0.15) is 26.3 Å². The summed E-state index contributed by atoms with van der Waals surface area (Å²) in [5.41, 5.74) is 0. The second kappa shape index (κ2) is 5.50. The van der Waals surface area contributed by atoms with E-state index in [4.69, 9.17) is 0 Å². The molecule has 116 valence electrons. The molecule has 0 saturated heterocycles. The molecule has 1 rings (SSSR count). The first-order valence-electron chi connectivity index (χ1n) is 4.83. The summed E-state index contributed by atoms with van der Waals surface area (Å²) in [5.74, 6) is -9.27. The number of hydrogen-bond acceptors (Lipinski definition) is 5. The third kappa shape index (κ3) is 4.26. The van der Waals surface area contributed by atoms with Crippen molar-refractivity contribution < 1.29 is 50.5 Å². The number of phenols is 1. The fourth-order valence-electron chi connectivity index (χ4n) is 0.995. The van der Waals surface area contributed by atoms with E-state index in [0.29, 0.717) is 12.1 Å². The Morgan fingerprint density at radius 2 is 1.38 bits per heavy atom. The SMILES string of the molecule is O=C(Oc1cccc(O)c1OC(=O)C(F)(F)F)C(F)(F)F. The highest BCUT2D eigenvalue weighted by molar-refractivity contribution is 5.82. The zero-order valence-corrected chi connectivity index (χ0v) is 9.58. The number of rotatable bonds is 2. The normalized spacial score (nSPS) is 11.9. The van der Waals surface area contributed by atoms with Crippen LogP contribution in [0.4, 0.5) is 26.3 Å². The fourth-order valence-corrected chi connectivity index (χ4v) is 0.995. The van der Waals surface area contributed by atoms with Crippen LogP contribution in [0.5, 0.6) is 17.2 Å². The summed E-state index contributed by atoms with van der Waals surface area (Å²) < 4.78 is 79.4. The Hall–Kier alpha value is -2.46. The smallest absolute Gasteiger partial charge is 0.491 e. The first-order chi connectivity index (χ1) is 9.43. The number of carbonyl (C=O) groups excluding carboxylic acids is 2. The average molecular weight is 318 g/mol. The molecule has 11 heteroatoms. The molecular weight excluding hydrogens is 314 g/mol. The Labute approximate surface area is 111 Å². The highest BCUT2D eigenvalue weighted by Gasteiger charge is 2.44. The van der Waals surface area contributed by atoms with E-state index < -0.39 is 41.5 Å². The number of para-hydroxylation sites is 1. The summed E-state index contributed by atoms with van der Waals surface area (Å²) in [6, 6.07) is 2.17. The third-order valence-corrected chi connectivity index (χ3v) is 1.82. The number of esters is 2. The van der Waals surface area contributed by atoms with Crippen molar-refractivity contribution in [1.29, 1.82) is 0 Å². The topological polar surface area (TPSA) is 72.8 Å². The van der Waals surface area contributed by atoms with Crippen molar-refractivity contribution in [2.75, 3.05) is 0 Å². The van der Waals surface area contributed by atoms with Gasteiger partial charge in [-0.15, -0.1) is 0 Å². The van der Waals surface area contributed by atoms with Crippen LogP contribution in [0.2, 0.25) is 0 Å². The highest BCUT2D eigenvalue weighted by atomic mass is 19.4. The summed E-state index contributed by atoms with van der Waals surface area (Å²) in [5, 5.41) is 9.20. The van der Waals surface area contributed by atoms with Crippen LogP contribution in [-0.4, -0.2) is 29.4 Å². The zero-order valence-electron chi connectivity index (χ0n) is 9.58. The third-order valence-electron chi connectivity index (χ3n) is 1.82. The van der Waals surface area contributed by atoms with Crippen LogP contribution in [0.15, 0.2) is 18.2 Å². The minimum absolute atomic E-state index is 0.600. The van der Waals surface area contributed by atoms with E-state index in [0.717, 1.165) is 6.07 Å². The van der Waals surface area contributed by atoms with Gasteiger partial charge in [-0.1, -0.05) is 6.07 Å². The standard InChI is InChI=1S/C10H4F6O5/c11-9(12,13)7(18)20-5-3-1-2-4(17)6(5)21-8(19)10(14,15)16/h1-3,17H. The molecule has 0 spiro atoms. The molecular formula is C10H4F6O5. The molecule has 0 aliphatic heterocycles. The molecule has 1 aromatic carbocycles. The molecule has 1 N–H and O–H groups in total. The molecule has 0 unspecified atom stereocenters. The van der Waals surface area contributed by atoms with Gasteiger partial charge in [-0.3, -0.25) is 0 Å². The lowest BCUT2D eigenvalue weighted by atomic mass is 10.3. The van der Waals surface area contributed by atoms with E-state index in [1.807, 2.05) is 0 Å². The van der Waals surface area contributed by atoms with Crippen molar-refractivity contribution in [3.05, 3.63) is 18.2 Å². The highest BCUT2D eigenvalue weighted by Crippen LogP contribution is 2.38. The lowest BCUT2D eigenvalue weighted by molar-refractivity contribution is -0.191. The second-order valence-corrected chi connectivity index (χ2v) is 3.38. The van der Waals surface area contributed by atoms with E-state index in [2.05, 4.69) is 9.47 Å². The maximum Gasteiger partial charge on any atom is 0.491 e. The number of phenolic OH excluding ortho intramolecular Hbond substituents is 1. The monoisotopic (exact) mass is 318 g/mol. The van der Waals surface area contributed by atoms with E-state index in [1.165, 1.54) is 0 Å². The minimum atomic E-state index is -5.46. The van der Waals surface area contributed by atoms with Gasteiger partial charge in [-0.05, 0) is 12.1 Å². The molecule has 0 amide bonds. The molecule has 0 saturated carbocycles. The molecule has 0 aliphatic carbocycles. The van der Waals surface area contributed by atoms with E-state index in [-0.39, 0.29) is 0 Å². The second-order valence-electron chi connectivity index (χ2n) is 3.38. The molecule has 0 fully saturated rings. The molecule has 0 aromatic heterocycles. The predicted molar refractivity (Wildman–Crippen MR) is 51.5 cm³/mol. The van der Waals surface area contributed by atoms with Gasteiger partial charge in [0.15, 0.2) is 11.5 Å². The summed E-state index contributed by atoms with van der Waals surface area (Å²) in [6.07, 6.45) is -10.9. The van der Waals surface area contributed by atoms with Crippen molar-refractivity contribution >= 4 is 11.9 Å². The van der Waals surface area contributed by atoms with Crippen molar-refractivity contribution in [2.24, 2.45) is 0 Å². The molecule has 0 radical (unpaired) electrons. The number of alkyl halides is 6. The maximum absolute atomic E-state index is 12.0. The molecule has 21 heavy (non-hydrogen) atoms. The Bertz CT molecular complexity index is 562. The van der Waals surface area contributed by atoms with Crippen molar-refractivity contribution in [3.8, 4) is 17.2 Å². The van der Waals surface area contributed by atoms with Gasteiger partial charge in [0.25, 0.3) is 0 Å². The molecule has 5 nitrogen and oxygen atoms in total. The summed E-state index contributed by atoms with van der Waals surface area (Å²) >= 11 is 0. The Morgan fingerprint density at radius 3 is 1.86 bits per heavy atom. The number of halogens is 6.